The average Bonchev–Trinajstić information content (AvgIpc) is 2.78. The minimum absolute atomic E-state index is 0.0780. The molecule has 0 bridgehead atoms. The molecule has 0 aliphatic carbocycles. The summed E-state index contributed by atoms with van der Waals surface area (Å²) < 4.78 is 40.1. The molecule has 32 heavy (non-hydrogen) atoms. The molecular weight excluding hydrogens is 430 g/mol. The van der Waals surface area contributed by atoms with E-state index in [0.29, 0.717) is 68.8 Å². The molecule has 8 nitrogen and oxygen atoms in total. The van der Waals surface area contributed by atoms with E-state index in [-0.39, 0.29) is 18.4 Å². The third kappa shape index (κ3) is 5.94. The highest BCUT2D eigenvalue weighted by atomic mass is 32.2. The molecule has 1 aromatic carbocycles. The number of carbonyl (C=O) groups is 1. The summed E-state index contributed by atoms with van der Waals surface area (Å²) in [5, 5.41) is 2.99. The normalized spacial score (nSPS) is 25.3. The van der Waals surface area contributed by atoms with E-state index in [9.17, 15) is 13.2 Å². The van der Waals surface area contributed by atoms with Crippen LogP contribution in [-0.2, 0) is 21.4 Å². The number of benzene rings is 1. The van der Waals surface area contributed by atoms with Gasteiger partial charge >= 0.3 is 0 Å². The molecule has 0 aromatic heterocycles. The average molecular weight is 468 g/mol. The SMILES string of the molecule is COc1ccc(CCNC(=O)[C@@H]2CCCN(S(=O)(=O)N3C[C@@H](C)C[C@H](C)C3)C2)cc1OC. The smallest absolute Gasteiger partial charge is 0.282 e. The van der Waals surface area contributed by atoms with Crippen LogP contribution in [-0.4, -0.2) is 69.9 Å². The Balaban J connectivity index is 1.54. The summed E-state index contributed by atoms with van der Waals surface area (Å²) in [6, 6.07) is 5.70. The lowest BCUT2D eigenvalue weighted by Gasteiger charge is -2.39. The van der Waals surface area contributed by atoms with Gasteiger partial charge in [-0.15, -0.1) is 0 Å². The zero-order chi connectivity index (χ0) is 23.3. The number of carbonyl (C=O) groups excluding carboxylic acids is 1. The molecule has 9 heteroatoms. The molecule has 1 amide bonds. The van der Waals surface area contributed by atoms with Gasteiger partial charge in [-0.1, -0.05) is 19.9 Å². The molecule has 3 atom stereocenters. The van der Waals surface area contributed by atoms with Gasteiger partial charge in [0.05, 0.1) is 20.1 Å². The topological polar surface area (TPSA) is 88.2 Å². The van der Waals surface area contributed by atoms with E-state index in [1.54, 1.807) is 18.5 Å². The Labute approximate surface area is 192 Å². The number of rotatable bonds is 8. The van der Waals surface area contributed by atoms with E-state index in [1.807, 2.05) is 18.2 Å². The van der Waals surface area contributed by atoms with E-state index in [4.69, 9.17) is 9.47 Å². The quantitative estimate of drug-likeness (QED) is 0.634. The lowest BCUT2D eigenvalue weighted by Crippen LogP contribution is -2.53. The number of hydrogen-bond donors (Lipinski definition) is 1. The third-order valence-electron chi connectivity index (χ3n) is 6.40. The van der Waals surface area contributed by atoms with Gasteiger partial charge in [0.15, 0.2) is 11.5 Å². The van der Waals surface area contributed by atoms with Crippen molar-refractivity contribution in [3.05, 3.63) is 23.8 Å². The lowest BCUT2D eigenvalue weighted by molar-refractivity contribution is -0.126. The van der Waals surface area contributed by atoms with Gasteiger partial charge < -0.3 is 14.8 Å². The maximum atomic E-state index is 13.2. The summed E-state index contributed by atoms with van der Waals surface area (Å²) in [6.07, 6.45) is 3.12. The second-order valence-electron chi connectivity index (χ2n) is 9.20. The largest absolute Gasteiger partial charge is 0.493 e. The van der Waals surface area contributed by atoms with Crippen molar-refractivity contribution in [2.75, 3.05) is 46.9 Å². The van der Waals surface area contributed by atoms with Crippen molar-refractivity contribution in [2.45, 2.75) is 39.5 Å². The van der Waals surface area contributed by atoms with Crippen molar-refractivity contribution < 1.29 is 22.7 Å². The molecule has 0 radical (unpaired) electrons. The van der Waals surface area contributed by atoms with Crippen LogP contribution in [0.4, 0.5) is 0 Å². The van der Waals surface area contributed by atoms with Crippen molar-refractivity contribution in [1.82, 2.24) is 13.9 Å². The van der Waals surface area contributed by atoms with Crippen LogP contribution >= 0.6 is 0 Å². The molecule has 2 saturated heterocycles. The molecule has 0 unspecified atom stereocenters. The maximum Gasteiger partial charge on any atom is 0.282 e. The highest BCUT2D eigenvalue weighted by molar-refractivity contribution is 7.86. The summed E-state index contributed by atoms with van der Waals surface area (Å²) >= 11 is 0. The fourth-order valence-electron chi connectivity index (χ4n) is 4.83. The van der Waals surface area contributed by atoms with Crippen LogP contribution in [0.1, 0.15) is 38.7 Å². The van der Waals surface area contributed by atoms with Crippen LogP contribution in [0.15, 0.2) is 18.2 Å². The van der Waals surface area contributed by atoms with Crippen molar-refractivity contribution in [3.63, 3.8) is 0 Å². The van der Waals surface area contributed by atoms with E-state index >= 15 is 0 Å². The summed E-state index contributed by atoms with van der Waals surface area (Å²) in [5.74, 6) is 1.64. The summed E-state index contributed by atoms with van der Waals surface area (Å²) in [6.45, 7) is 6.54. The second kappa shape index (κ2) is 10.9. The number of piperidine rings is 2. The molecule has 180 valence electrons. The van der Waals surface area contributed by atoms with Crippen LogP contribution in [0.2, 0.25) is 0 Å². The first-order valence-electron chi connectivity index (χ1n) is 11.5. The second-order valence-corrected chi connectivity index (χ2v) is 11.1. The molecule has 1 aromatic rings. The Morgan fingerprint density at radius 3 is 2.41 bits per heavy atom. The minimum Gasteiger partial charge on any atom is -0.493 e. The third-order valence-corrected chi connectivity index (χ3v) is 8.34. The van der Waals surface area contributed by atoms with Crippen LogP contribution in [0, 0.1) is 17.8 Å². The number of hydrogen-bond acceptors (Lipinski definition) is 5. The molecule has 0 spiro atoms. The first kappa shape index (κ1) is 24.8. The van der Waals surface area contributed by atoms with Gasteiger partial charge in [0.25, 0.3) is 10.2 Å². The summed E-state index contributed by atoms with van der Waals surface area (Å²) in [4.78, 5) is 12.8. The summed E-state index contributed by atoms with van der Waals surface area (Å²) in [5.41, 5.74) is 1.03. The standard InChI is InChI=1S/C23H37N3O5S/c1-17-12-18(2)15-26(14-17)32(28,29)25-11-5-6-20(16-25)23(27)24-10-9-19-7-8-21(30-3)22(13-19)31-4/h7-8,13,17-18,20H,5-6,9-12,14-16H2,1-4H3,(H,24,27)/t17-,18-,20+/m0/s1. The molecule has 0 saturated carbocycles. The Morgan fingerprint density at radius 1 is 1.06 bits per heavy atom. The van der Waals surface area contributed by atoms with E-state index in [1.165, 1.54) is 4.31 Å². The van der Waals surface area contributed by atoms with Crippen LogP contribution in [0.3, 0.4) is 0 Å². The molecule has 2 aliphatic heterocycles. The van der Waals surface area contributed by atoms with Crippen LogP contribution < -0.4 is 14.8 Å². The van der Waals surface area contributed by atoms with E-state index < -0.39 is 10.2 Å². The molecule has 2 heterocycles. The minimum atomic E-state index is -3.53. The van der Waals surface area contributed by atoms with Gasteiger partial charge in [0.1, 0.15) is 0 Å². The fraction of sp³-hybridized carbons (Fsp3) is 0.696. The number of amides is 1. The predicted octanol–water partition coefficient (Wildman–Crippen LogP) is 2.30. The molecule has 2 aliphatic rings. The van der Waals surface area contributed by atoms with Gasteiger partial charge in [-0.3, -0.25) is 4.79 Å². The molecular formula is C23H37N3O5S. The van der Waals surface area contributed by atoms with Crippen molar-refractivity contribution >= 4 is 16.1 Å². The Bertz CT molecular complexity index is 882. The van der Waals surface area contributed by atoms with Gasteiger partial charge in [-0.05, 0) is 55.2 Å². The van der Waals surface area contributed by atoms with Crippen molar-refractivity contribution in [3.8, 4) is 11.5 Å². The highest BCUT2D eigenvalue weighted by Gasteiger charge is 2.38. The van der Waals surface area contributed by atoms with Gasteiger partial charge in [-0.2, -0.15) is 17.0 Å². The van der Waals surface area contributed by atoms with Gasteiger partial charge in [0.2, 0.25) is 5.91 Å². The zero-order valence-corrected chi connectivity index (χ0v) is 20.5. The van der Waals surface area contributed by atoms with Crippen molar-refractivity contribution in [1.29, 1.82) is 0 Å². The molecule has 3 rings (SSSR count). The number of nitrogens with zero attached hydrogens (tertiary/aromatic N) is 2. The number of methoxy groups -OCH3 is 2. The van der Waals surface area contributed by atoms with Crippen LogP contribution in [0.5, 0.6) is 11.5 Å². The highest BCUT2D eigenvalue weighted by Crippen LogP contribution is 2.29. The Hall–Kier alpha value is -1.84. The number of ether oxygens (including phenoxy) is 2. The monoisotopic (exact) mass is 467 g/mol. The van der Waals surface area contributed by atoms with E-state index in [2.05, 4.69) is 19.2 Å². The molecule has 1 N–H and O–H groups in total. The fourth-order valence-corrected chi connectivity index (χ4v) is 6.77. The predicted molar refractivity (Wildman–Crippen MR) is 124 cm³/mol. The van der Waals surface area contributed by atoms with E-state index in [0.717, 1.165) is 12.0 Å². The zero-order valence-electron chi connectivity index (χ0n) is 19.7. The maximum absolute atomic E-state index is 13.2. The first-order chi connectivity index (χ1) is 15.2. The Morgan fingerprint density at radius 2 is 1.75 bits per heavy atom. The first-order valence-corrected chi connectivity index (χ1v) is 12.9. The molecule has 2 fully saturated rings. The number of nitrogens with one attached hydrogen (secondary N) is 1. The van der Waals surface area contributed by atoms with Crippen LogP contribution in [0.25, 0.3) is 0 Å². The van der Waals surface area contributed by atoms with Gasteiger partial charge in [0, 0.05) is 32.7 Å². The Kier molecular flexibility index (Phi) is 8.41. The van der Waals surface area contributed by atoms with Crippen molar-refractivity contribution in [2.24, 2.45) is 17.8 Å². The lowest BCUT2D eigenvalue weighted by atomic mass is 9.94. The van der Waals surface area contributed by atoms with Gasteiger partial charge in [-0.25, -0.2) is 0 Å². The summed E-state index contributed by atoms with van der Waals surface area (Å²) in [7, 11) is -0.344.